The molecule has 1 heterocycles. The number of hydrogen-bond acceptors (Lipinski definition) is 2. The molecule has 23 heavy (non-hydrogen) atoms. The first-order chi connectivity index (χ1) is 11.1. The quantitative estimate of drug-likeness (QED) is 0.841. The van der Waals surface area contributed by atoms with E-state index in [-0.39, 0.29) is 5.91 Å². The van der Waals surface area contributed by atoms with Gasteiger partial charge in [0.2, 0.25) is 0 Å². The number of aryl methyl sites for hydroxylation is 2. The molecule has 0 atom stereocenters. The Morgan fingerprint density at radius 3 is 2.70 bits per heavy atom. The molecule has 0 radical (unpaired) electrons. The van der Waals surface area contributed by atoms with Crippen LogP contribution in [0, 0.1) is 12.7 Å². The van der Waals surface area contributed by atoms with Gasteiger partial charge in [-0.1, -0.05) is 35.9 Å². The standard InChI is InChI=1S/C19H19FN2O/c1-14-5-7-15(8-6-14)9-10-18-11-12-22(21-18)19(23)16-3-2-4-17(20)13-16/h2-8,13H,9-12H2,1H3. The molecule has 0 fully saturated rings. The number of hydrazone groups is 1. The number of hydrogen-bond donors (Lipinski definition) is 0. The van der Waals surface area contributed by atoms with Crippen molar-refractivity contribution in [2.24, 2.45) is 5.10 Å². The molecule has 1 aliphatic rings. The molecule has 2 aromatic rings. The Hall–Kier alpha value is -2.49. The van der Waals surface area contributed by atoms with Gasteiger partial charge >= 0.3 is 0 Å². The molecule has 3 nitrogen and oxygen atoms in total. The van der Waals surface area contributed by atoms with Crippen LogP contribution in [-0.2, 0) is 6.42 Å². The van der Waals surface area contributed by atoms with Crippen molar-refractivity contribution in [3.05, 3.63) is 71.0 Å². The number of rotatable bonds is 4. The molecular formula is C19H19FN2O. The lowest BCUT2D eigenvalue weighted by atomic mass is 10.0. The van der Waals surface area contributed by atoms with E-state index >= 15 is 0 Å². The number of carbonyl (C=O) groups excluding carboxylic acids is 1. The minimum Gasteiger partial charge on any atom is -0.267 e. The van der Waals surface area contributed by atoms with E-state index in [0.29, 0.717) is 12.1 Å². The average Bonchev–Trinajstić information content (AvgIpc) is 3.02. The molecule has 0 saturated heterocycles. The van der Waals surface area contributed by atoms with Gasteiger partial charge in [0.05, 0.1) is 6.54 Å². The molecule has 0 bridgehead atoms. The third kappa shape index (κ3) is 3.83. The normalized spacial score (nSPS) is 14.0. The number of nitrogens with zero attached hydrogens (tertiary/aromatic N) is 2. The summed E-state index contributed by atoms with van der Waals surface area (Å²) < 4.78 is 13.2. The Balaban J connectivity index is 1.61. The highest BCUT2D eigenvalue weighted by molar-refractivity contribution is 5.97. The summed E-state index contributed by atoms with van der Waals surface area (Å²) in [6.45, 7) is 2.64. The minimum atomic E-state index is -0.404. The van der Waals surface area contributed by atoms with E-state index in [1.807, 2.05) is 0 Å². The second kappa shape index (κ2) is 6.73. The van der Waals surface area contributed by atoms with Crippen molar-refractivity contribution in [3.8, 4) is 0 Å². The van der Waals surface area contributed by atoms with Gasteiger partial charge in [-0.2, -0.15) is 5.10 Å². The fourth-order valence-electron chi connectivity index (χ4n) is 2.64. The fraction of sp³-hybridized carbons (Fsp3) is 0.263. The van der Waals surface area contributed by atoms with Crippen LogP contribution in [0.4, 0.5) is 4.39 Å². The maximum Gasteiger partial charge on any atom is 0.274 e. The maximum absolute atomic E-state index is 13.2. The van der Waals surface area contributed by atoms with Gasteiger partial charge in [-0.05, 0) is 43.5 Å². The molecule has 1 amide bonds. The van der Waals surface area contributed by atoms with E-state index in [4.69, 9.17) is 0 Å². The van der Waals surface area contributed by atoms with Crippen LogP contribution in [0.15, 0.2) is 53.6 Å². The first kappa shape index (κ1) is 15.4. The highest BCUT2D eigenvalue weighted by Gasteiger charge is 2.21. The lowest BCUT2D eigenvalue weighted by molar-refractivity contribution is 0.0777. The number of benzene rings is 2. The summed E-state index contributed by atoms with van der Waals surface area (Å²) in [6.07, 6.45) is 2.55. The average molecular weight is 310 g/mol. The van der Waals surface area contributed by atoms with Gasteiger partial charge in [0.15, 0.2) is 0 Å². The Morgan fingerprint density at radius 2 is 1.96 bits per heavy atom. The fourth-order valence-corrected chi connectivity index (χ4v) is 2.64. The lowest BCUT2D eigenvalue weighted by Gasteiger charge is -2.11. The van der Waals surface area contributed by atoms with Gasteiger partial charge in [0.1, 0.15) is 5.82 Å². The molecule has 0 N–H and O–H groups in total. The van der Waals surface area contributed by atoms with Gasteiger partial charge in [0, 0.05) is 17.7 Å². The van der Waals surface area contributed by atoms with E-state index in [2.05, 4.69) is 36.3 Å². The lowest BCUT2D eigenvalue weighted by Crippen LogP contribution is -2.23. The molecule has 1 aliphatic heterocycles. The van der Waals surface area contributed by atoms with E-state index in [1.54, 1.807) is 12.1 Å². The van der Waals surface area contributed by atoms with Crippen LogP contribution in [0.25, 0.3) is 0 Å². The zero-order chi connectivity index (χ0) is 16.2. The first-order valence-electron chi connectivity index (χ1n) is 7.81. The second-order valence-electron chi connectivity index (χ2n) is 5.84. The molecule has 0 aromatic heterocycles. The SMILES string of the molecule is Cc1ccc(CCC2=NN(C(=O)c3cccc(F)c3)CC2)cc1. The Bertz CT molecular complexity index is 737. The molecule has 0 unspecified atom stereocenters. The molecule has 3 rings (SSSR count). The Morgan fingerprint density at radius 1 is 1.17 bits per heavy atom. The van der Waals surface area contributed by atoms with Gasteiger partial charge in [-0.15, -0.1) is 0 Å². The van der Waals surface area contributed by atoms with Crippen LogP contribution in [0.1, 0.15) is 34.3 Å². The van der Waals surface area contributed by atoms with Crippen molar-refractivity contribution in [3.63, 3.8) is 0 Å². The molecule has 0 aliphatic carbocycles. The summed E-state index contributed by atoms with van der Waals surface area (Å²) in [5.41, 5.74) is 3.89. The largest absolute Gasteiger partial charge is 0.274 e. The van der Waals surface area contributed by atoms with Crippen LogP contribution in [0.2, 0.25) is 0 Å². The van der Waals surface area contributed by atoms with Crippen LogP contribution >= 0.6 is 0 Å². The zero-order valence-corrected chi connectivity index (χ0v) is 13.1. The van der Waals surface area contributed by atoms with Crippen molar-refractivity contribution in [2.45, 2.75) is 26.2 Å². The van der Waals surface area contributed by atoms with Gasteiger partial charge in [-0.3, -0.25) is 4.79 Å². The van der Waals surface area contributed by atoms with Crippen molar-refractivity contribution >= 4 is 11.6 Å². The summed E-state index contributed by atoms with van der Waals surface area (Å²) in [7, 11) is 0. The molecule has 4 heteroatoms. The Kier molecular flexibility index (Phi) is 4.51. The second-order valence-corrected chi connectivity index (χ2v) is 5.84. The van der Waals surface area contributed by atoms with Crippen LogP contribution in [-0.4, -0.2) is 23.2 Å². The van der Waals surface area contributed by atoms with Crippen LogP contribution in [0.5, 0.6) is 0 Å². The predicted molar refractivity (Wildman–Crippen MR) is 89.0 cm³/mol. The summed E-state index contributed by atoms with van der Waals surface area (Å²) in [5.74, 6) is -0.645. The van der Waals surface area contributed by atoms with Crippen LogP contribution < -0.4 is 0 Å². The maximum atomic E-state index is 13.2. The first-order valence-corrected chi connectivity index (χ1v) is 7.81. The van der Waals surface area contributed by atoms with Crippen LogP contribution in [0.3, 0.4) is 0 Å². The van der Waals surface area contributed by atoms with Crippen molar-refractivity contribution in [2.75, 3.05) is 6.54 Å². The smallest absolute Gasteiger partial charge is 0.267 e. The molecular weight excluding hydrogens is 291 g/mol. The summed E-state index contributed by atoms with van der Waals surface area (Å²) in [5, 5.41) is 5.85. The van der Waals surface area contributed by atoms with E-state index in [1.165, 1.54) is 28.3 Å². The van der Waals surface area contributed by atoms with E-state index < -0.39 is 5.82 Å². The monoisotopic (exact) mass is 310 g/mol. The zero-order valence-electron chi connectivity index (χ0n) is 13.1. The Labute approximate surface area is 135 Å². The predicted octanol–water partition coefficient (Wildman–Crippen LogP) is 3.97. The van der Waals surface area contributed by atoms with E-state index in [0.717, 1.165) is 25.0 Å². The molecule has 0 saturated carbocycles. The van der Waals surface area contributed by atoms with Crippen molar-refractivity contribution in [1.82, 2.24) is 5.01 Å². The summed E-state index contributed by atoms with van der Waals surface area (Å²) in [4.78, 5) is 12.3. The van der Waals surface area contributed by atoms with Gasteiger partial charge in [0.25, 0.3) is 5.91 Å². The minimum absolute atomic E-state index is 0.241. The van der Waals surface area contributed by atoms with Gasteiger partial charge < -0.3 is 0 Å². The highest BCUT2D eigenvalue weighted by atomic mass is 19.1. The molecule has 0 spiro atoms. The van der Waals surface area contributed by atoms with Crippen molar-refractivity contribution < 1.29 is 9.18 Å². The third-order valence-corrected chi connectivity index (χ3v) is 4.00. The van der Waals surface area contributed by atoms with E-state index in [9.17, 15) is 9.18 Å². The molecule has 2 aromatic carbocycles. The topological polar surface area (TPSA) is 32.7 Å². The highest BCUT2D eigenvalue weighted by Crippen LogP contribution is 2.16. The summed E-state index contributed by atoms with van der Waals surface area (Å²) >= 11 is 0. The number of halogens is 1. The van der Waals surface area contributed by atoms with Gasteiger partial charge in [-0.25, -0.2) is 9.40 Å². The summed E-state index contributed by atoms with van der Waals surface area (Å²) in [6, 6.07) is 14.2. The third-order valence-electron chi connectivity index (χ3n) is 4.00. The number of carbonyl (C=O) groups is 1. The molecule has 118 valence electrons. The van der Waals surface area contributed by atoms with Crippen molar-refractivity contribution in [1.29, 1.82) is 0 Å². The number of amides is 1.